The molecule has 0 heterocycles. The average Bonchev–Trinajstić information content (AvgIpc) is 2.25. The molecule has 6 heteroatoms. The van der Waals surface area contributed by atoms with Crippen LogP contribution in [-0.4, -0.2) is 25.7 Å². The second-order valence-corrected chi connectivity index (χ2v) is 2.79. The maximum absolute atomic E-state index is 10.7. The van der Waals surface area contributed by atoms with Crippen LogP contribution < -0.4 is 19.7 Å². The Labute approximate surface area is 91.0 Å². The molecule has 0 saturated heterocycles. The molecule has 0 atom stereocenters. The van der Waals surface area contributed by atoms with Gasteiger partial charge in [0.2, 0.25) is 0 Å². The lowest BCUT2D eigenvalue weighted by Gasteiger charge is -2.15. The number of hydrogen-bond acceptors (Lipinski definition) is 6. The zero-order chi connectivity index (χ0) is 12.1. The molecule has 0 fully saturated rings. The highest BCUT2D eigenvalue weighted by molar-refractivity contribution is 5.90. The van der Waals surface area contributed by atoms with Crippen LogP contribution >= 0.6 is 0 Å². The van der Waals surface area contributed by atoms with Gasteiger partial charge in [0.1, 0.15) is 6.61 Å². The molecule has 6 nitrogen and oxygen atoms in total. The lowest BCUT2D eigenvalue weighted by Crippen LogP contribution is -2.30. The van der Waals surface area contributed by atoms with Gasteiger partial charge in [0.15, 0.2) is 11.5 Å². The molecular weight excluding hydrogens is 216 g/mol. The quantitative estimate of drug-likeness (QED) is 0.584. The standard InChI is InChI=1S/C10H10O6/c1-15-7-4-2-3-6(10(13)14)9(7)16-5-8(11)12/h2-4H,5H2,1H3,(H,11,12)(H,13,14)/p-2. The largest absolute Gasteiger partial charge is 0.546 e. The molecule has 16 heavy (non-hydrogen) atoms. The normalized spacial score (nSPS) is 9.56. The van der Waals surface area contributed by atoms with Gasteiger partial charge in [0.25, 0.3) is 0 Å². The molecule has 1 rings (SSSR count). The van der Waals surface area contributed by atoms with Gasteiger partial charge >= 0.3 is 0 Å². The Morgan fingerprint density at radius 2 is 2.00 bits per heavy atom. The fourth-order valence-electron chi connectivity index (χ4n) is 1.12. The minimum absolute atomic E-state index is 0.114. The van der Waals surface area contributed by atoms with Gasteiger partial charge in [0.05, 0.1) is 19.0 Å². The third-order valence-corrected chi connectivity index (χ3v) is 1.75. The van der Waals surface area contributed by atoms with Crippen molar-refractivity contribution in [2.75, 3.05) is 13.7 Å². The number of methoxy groups -OCH3 is 1. The molecule has 1 aromatic carbocycles. The summed E-state index contributed by atoms with van der Waals surface area (Å²) in [5.41, 5.74) is -0.277. The van der Waals surface area contributed by atoms with E-state index in [1.54, 1.807) is 0 Å². The SMILES string of the molecule is COc1cccc(C(=O)[O-])c1OCC(=O)[O-]. The number of hydrogen-bond donors (Lipinski definition) is 0. The summed E-state index contributed by atoms with van der Waals surface area (Å²) in [5, 5.41) is 20.9. The van der Waals surface area contributed by atoms with Crippen molar-refractivity contribution in [2.45, 2.75) is 0 Å². The summed E-state index contributed by atoms with van der Waals surface area (Å²) in [6, 6.07) is 4.09. The lowest BCUT2D eigenvalue weighted by molar-refractivity contribution is -0.307. The van der Waals surface area contributed by atoms with Crippen LogP contribution in [0.25, 0.3) is 0 Å². The van der Waals surface area contributed by atoms with E-state index < -0.39 is 18.5 Å². The van der Waals surface area contributed by atoms with Crippen molar-refractivity contribution >= 4 is 11.9 Å². The van der Waals surface area contributed by atoms with Crippen LogP contribution in [0.5, 0.6) is 11.5 Å². The summed E-state index contributed by atoms with van der Waals surface area (Å²) in [7, 11) is 1.31. The molecule has 0 radical (unpaired) electrons. The van der Waals surface area contributed by atoms with Gasteiger partial charge in [-0.25, -0.2) is 0 Å². The highest BCUT2D eigenvalue weighted by atomic mass is 16.5. The van der Waals surface area contributed by atoms with Crippen LogP contribution in [0.1, 0.15) is 10.4 Å². The molecule has 0 unspecified atom stereocenters. The maximum atomic E-state index is 10.7. The van der Waals surface area contributed by atoms with Crippen LogP contribution in [-0.2, 0) is 4.79 Å². The third-order valence-electron chi connectivity index (χ3n) is 1.75. The Kier molecular flexibility index (Phi) is 3.71. The fraction of sp³-hybridized carbons (Fsp3) is 0.200. The zero-order valence-corrected chi connectivity index (χ0v) is 8.39. The molecule has 0 aliphatic carbocycles. The number of carboxylic acids is 2. The van der Waals surface area contributed by atoms with Gasteiger partial charge in [-0.2, -0.15) is 0 Å². The van der Waals surface area contributed by atoms with Crippen molar-refractivity contribution in [3.63, 3.8) is 0 Å². The van der Waals surface area contributed by atoms with Gasteiger partial charge in [-0.3, -0.25) is 0 Å². The number of carbonyl (C=O) groups is 2. The molecule has 1 aromatic rings. The molecule has 0 saturated carbocycles. The molecular formula is C10H8O6-2. The van der Waals surface area contributed by atoms with Crippen LogP contribution in [0.4, 0.5) is 0 Å². The Morgan fingerprint density at radius 1 is 1.31 bits per heavy atom. The predicted molar refractivity (Wildman–Crippen MR) is 47.8 cm³/mol. The number of aromatic carboxylic acids is 1. The summed E-state index contributed by atoms with van der Waals surface area (Å²) < 4.78 is 9.61. The van der Waals surface area contributed by atoms with Gasteiger partial charge in [-0.05, 0) is 12.1 Å². The minimum atomic E-state index is -1.48. The highest BCUT2D eigenvalue weighted by Crippen LogP contribution is 2.30. The smallest absolute Gasteiger partial charge is 0.170 e. The monoisotopic (exact) mass is 224 g/mol. The van der Waals surface area contributed by atoms with Crippen LogP contribution in [0.3, 0.4) is 0 Å². The van der Waals surface area contributed by atoms with E-state index in [-0.39, 0.29) is 17.1 Å². The van der Waals surface area contributed by atoms with Crippen LogP contribution in [0, 0.1) is 0 Å². The van der Waals surface area contributed by atoms with Gasteiger partial charge in [0, 0.05) is 5.56 Å². The average molecular weight is 224 g/mol. The Morgan fingerprint density at radius 3 is 2.50 bits per heavy atom. The van der Waals surface area contributed by atoms with Crippen molar-refractivity contribution in [1.29, 1.82) is 0 Å². The number of carboxylic acid groups (broad SMARTS) is 2. The van der Waals surface area contributed by atoms with E-state index in [0.717, 1.165) is 0 Å². The number of ether oxygens (including phenoxy) is 2. The van der Waals surface area contributed by atoms with E-state index in [1.165, 1.54) is 25.3 Å². The number of para-hydroxylation sites is 1. The highest BCUT2D eigenvalue weighted by Gasteiger charge is 2.11. The van der Waals surface area contributed by atoms with E-state index in [9.17, 15) is 19.8 Å². The second-order valence-electron chi connectivity index (χ2n) is 2.79. The summed E-state index contributed by atoms with van der Waals surface area (Å²) >= 11 is 0. The Hall–Kier alpha value is -2.24. The molecule has 0 aliphatic heterocycles. The molecule has 0 bridgehead atoms. The predicted octanol–water partition coefficient (Wildman–Crippen LogP) is -1.81. The summed E-state index contributed by atoms with van der Waals surface area (Å²) in [5.74, 6) is -3.01. The number of benzene rings is 1. The first-order valence-corrected chi connectivity index (χ1v) is 4.27. The van der Waals surface area contributed by atoms with Crippen molar-refractivity contribution in [3.05, 3.63) is 23.8 Å². The van der Waals surface area contributed by atoms with Crippen LogP contribution in [0.15, 0.2) is 18.2 Å². The Balaban J connectivity index is 3.09. The summed E-state index contributed by atoms with van der Waals surface area (Å²) in [4.78, 5) is 20.9. The first-order valence-electron chi connectivity index (χ1n) is 4.27. The molecule has 0 amide bonds. The topological polar surface area (TPSA) is 98.7 Å². The number of carbonyl (C=O) groups excluding carboxylic acids is 2. The van der Waals surface area contributed by atoms with Crippen molar-refractivity contribution < 1.29 is 29.3 Å². The van der Waals surface area contributed by atoms with Crippen molar-refractivity contribution in [1.82, 2.24) is 0 Å². The summed E-state index contributed by atoms with van der Waals surface area (Å²) in [6.07, 6.45) is 0. The number of aliphatic carboxylic acids is 1. The Bertz CT molecular complexity index is 412. The summed E-state index contributed by atoms with van der Waals surface area (Å²) in [6.45, 7) is -0.763. The van der Waals surface area contributed by atoms with Gasteiger partial charge in [-0.15, -0.1) is 0 Å². The third kappa shape index (κ3) is 2.63. The van der Waals surface area contributed by atoms with Crippen molar-refractivity contribution in [3.8, 4) is 11.5 Å². The van der Waals surface area contributed by atoms with E-state index in [0.29, 0.717) is 0 Å². The first kappa shape index (κ1) is 11.8. The molecule has 0 aromatic heterocycles. The molecule has 86 valence electrons. The molecule has 0 N–H and O–H groups in total. The maximum Gasteiger partial charge on any atom is 0.170 e. The van der Waals surface area contributed by atoms with Crippen molar-refractivity contribution in [2.24, 2.45) is 0 Å². The minimum Gasteiger partial charge on any atom is -0.546 e. The van der Waals surface area contributed by atoms with E-state index in [1.807, 2.05) is 0 Å². The zero-order valence-electron chi connectivity index (χ0n) is 8.39. The van der Waals surface area contributed by atoms with Gasteiger partial charge < -0.3 is 29.3 Å². The second kappa shape index (κ2) is 5.01. The van der Waals surface area contributed by atoms with Gasteiger partial charge in [-0.1, -0.05) is 6.07 Å². The molecule has 0 aliphatic rings. The first-order chi connectivity index (χ1) is 7.56. The molecule has 0 spiro atoms. The van der Waals surface area contributed by atoms with E-state index >= 15 is 0 Å². The van der Waals surface area contributed by atoms with E-state index in [2.05, 4.69) is 0 Å². The fourth-order valence-corrected chi connectivity index (χ4v) is 1.12. The number of rotatable bonds is 5. The van der Waals surface area contributed by atoms with Crippen LogP contribution in [0.2, 0.25) is 0 Å². The lowest BCUT2D eigenvalue weighted by atomic mass is 10.2. The van der Waals surface area contributed by atoms with E-state index in [4.69, 9.17) is 9.47 Å².